The molecule has 1 fully saturated rings. The Labute approximate surface area is 133 Å². The molecule has 0 spiro atoms. The van der Waals surface area contributed by atoms with Gasteiger partial charge in [0.1, 0.15) is 0 Å². The van der Waals surface area contributed by atoms with Crippen molar-refractivity contribution in [3.05, 3.63) is 41.8 Å². The third-order valence-corrected chi connectivity index (χ3v) is 3.89. The van der Waals surface area contributed by atoms with Gasteiger partial charge in [-0.15, -0.1) is 0 Å². The van der Waals surface area contributed by atoms with Crippen LogP contribution in [0.1, 0.15) is 37.4 Å². The van der Waals surface area contributed by atoms with Gasteiger partial charge in [-0.2, -0.15) is 4.98 Å². The lowest BCUT2D eigenvalue weighted by atomic mass is 9.98. The van der Waals surface area contributed by atoms with E-state index in [9.17, 15) is 9.18 Å². The largest absolute Gasteiger partial charge is 0.482 e. The molecule has 0 N–H and O–H groups in total. The monoisotopic (exact) mass is 319 g/mol. The van der Waals surface area contributed by atoms with Gasteiger partial charge in [-0.25, -0.2) is 4.39 Å². The zero-order chi connectivity index (χ0) is 16.2. The number of amides is 1. The highest BCUT2D eigenvalue weighted by Crippen LogP contribution is 2.26. The predicted octanol–water partition coefficient (Wildman–Crippen LogP) is 2.51. The van der Waals surface area contributed by atoms with Crippen LogP contribution >= 0.6 is 0 Å². The van der Waals surface area contributed by atoms with E-state index in [-0.39, 0.29) is 24.2 Å². The molecule has 0 saturated carbocycles. The van der Waals surface area contributed by atoms with Crippen LogP contribution in [0.5, 0.6) is 5.75 Å². The maximum absolute atomic E-state index is 13.5. The average Bonchev–Trinajstić information content (AvgIpc) is 3.03. The molecule has 1 amide bonds. The van der Waals surface area contributed by atoms with Crippen molar-refractivity contribution < 1.29 is 18.4 Å². The number of para-hydroxylation sites is 1. The number of halogens is 1. The van der Waals surface area contributed by atoms with E-state index >= 15 is 0 Å². The summed E-state index contributed by atoms with van der Waals surface area (Å²) in [6.07, 6.45) is 1.81. The van der Waals surface area contributed by atoms with Gasteiger partial charge in [0.25, 0.3) is 0 Å². The van der Waals surface area contributed by atoms with Crippen LogP contribution in [0.25, 0.3) is 0 Å². The summed E-state index contributed by atoms with van der Waals surface area (Å²) in [5.41, 5.74) is 0. The predicted molar refractivity (Wildman–Crippen MR) is 79.3 cm³/mol. The second-order valence-corrected chi connectivity index (χ2v) is 5.57. The minimum atomic E-state index is -0.430. The summed E-state index contributed by atoms with van der Waals surface area (Å²) >= 11 is 0. The van der Waals surface area contributed by atoms with Crippen LogP contribution in [0.15, 0.2) is 28.8 Å². The molecule has 1 aliphatic rings. The topological polar surface area (TPSA) is 68.5 Å². The molecule has 6 nitrogen and oxygen atoms in total. The fourth-order valence-corrected chi connectivity index (χ4v) is 2.66. The molecule has 2 heterocycles. The second kappa shape index (κ2) is 6.76. The van der Waals surface area contributed by atoms with E-state index in [4.69, 9.17) is 9.26 Å². The van der Waals surface area contributed by atoms with Crippen LogP contribution in [-0.2, 0) is 11.4 Å². The molecule has 1 saturated heterocycles. The SMILES string of the molecule is CC(=O)N1CCC[C@@H](c2nc(COc3ccccc3F)no2)C1. The molecule has 0 radical (unpaired) electrons. The van der Waals surface area contributed by atoms with Crippen LogP contribution in [0.2, 0.25) is 0 Å². The van der Waals surface area contributed by atoms with E-state index in [0.29, 0.717) is 18.3 Å². The Morgan fingerprint density at radius 1 is 1.48 bits per heavy atom. The van der Waals surface area contributed by atoms with Gasteiger partial charge in [0.05, 0.1) is 5.92 Å². The number of benzene rings is 1. The third kappa shape index (κ3) is 3.67. The first-order chi connectivity index (χ1) is 11.1. The molecule has 1 aromatic carbocycles. The molecule has 122 valence electrons. The fourth-order valence-electron chi connectivity index (χ4n) is 2.66. The molecular weight excluding hydrogens is 301 g/mol. The summed E-state index contributed by atoms with van der Waals surface area (Å²) in [6.45, 7) is 2.95. The number of ether oxygens (including phenoxy) is 1. The summed E-state index contributed by atoms with van der Waals surface area (Å²) in [5, 5.41) is 3.87. The van der Waals surface area contributed by atoms with Crippen molar-refractivity contribution in [3.8, 4) is 5.75 Å². The number of piperidine rings is 1. The van der Waals surface area contributed by atoms with E-state index in [0.717, 1.165) is 19.4 Å². The second-order valence-electron chi connectivity index (χ2n) is 5.57. The van der Waals surface area contributed by atoms with Gasteiger partial charge in [0, 0.05) is 20.0 Å². The maximum atomic E-state index is 13.5. The number of carbonyl (C=O) groups excluding carboxylic acids is 1. The van der Waals surface area contributed by atoms with Crippen molar-refractivity contribution in [2.45, 2.75) is 32.3 Å². The normalized spacial score (nSPS) is 18.0. The number of carbonyl (C=O) groups is 1. The molecule has 0 unspecified atom stereocenters. The first kappa shape index (κ1) is 15.5. The molecule has 0 aliphatic carbocycles. The smallest absolute Gasteiger partial charge is 0.231 e. The molecule has 2 aromatic rings. The zero-order valence-corrected chi connectivity index (χ0v) is 12.9. The number of aromatic nitrogens is 2. The van der Waals surface area contributed by atoms with Gasteiger partial charge in [-0.3, -0.25) is 4.79 Å². The summed E-state index contributed by atoms with van der Waals surface area (Å²) in [6, 6.07) is 6.16. The molecule has 0 bridgehead atoms. The van der Waals surface area contributed by atoms with Crippen LogP contribution in [0.3, 0.4) is 0 Å². The Morgan fingerprint density at radius 3 is 3.09 bits per heavy atom. The molecule has 1 aromatic heterocycles. The Balaban J connectivity index is 1.62. The molecule has 1 aliphatic heterocycles. The summed E-state index contributed by atoms with van der Waals surface area (Å²) < 4.78 is 24.1. The van der Waals surface area contributed by atoms with Gasteiger partial charge in [-0.05, 0) is 25.0 Å². The van der Waals surface area contributed by atoms with Crippen molar-refractivity contribution >= 4 is 5.91 Å². The van der Waals surface area contributed by atoms with Gasteiger partial charge in [0.2, 0.25) is 17.6 Å². The van der Waals surface area contributed by atoms with Crippen molar-refractivity contribution in [1.29, 1.82) is 0 Å². The highest BCUT2D eigenvalue weighted by Gasteiger charge is 2.27. The van der Waals surface area contributed by atoms with E-state index in [1.807, 2.05) is 0 Å². The fraction of sp³-hybridized carbons (Fsp3) is 0.438. The van der Waals surface area contributed by atoms with Crippen molar-refractivity contribution in [2.24, 2.45) is 0 Å². The summed E-state index contributed by atoms with van der Waals surface area (Å²) in [5.74, 6) is 0.686. The molecule has 7 heteroatoms. The van der Waals surface area contributed by atoms with E-state index < -0.39 is 5.82 Å². The quantitative estimate of drug-likeness (QED) is 0.866. The summed E-state index contributed by atoms with van der Waals surface area (Å²) in [4.78, 5) is 17.6. The van der Waals surface area contributed by atoms with Gasteiger partial charge in [0.15, 0.2) is 18.2 Å². The average molecular weight is 319 g/mol. The Kier molecular flexibility index (Phi) is 4.55. The summed E-state index contributed by atoms with van der Waals surface area (Å²) in [7, 11) is 0. The standard InChI is InChI=1S/C16H18FN3O3/c1-11(21)20-8-4-5-12(9-20)16-18-15(19-23-16)10-22-14-7-3-2-6-13(14)17/h2-3,6-7,12H,4-5,8-10H2,1H3/t12-/m1/s1. The highest BCUT2D eigenvalue weighted by atomic mass is 19.1. The zero-order valence-electron chi connectivity index (χ0n) is 12.9. The Hall–Kier alpha value is -2.44. The van der Waals surface area contributed by atoms with E-state index in [1.165, 1.54) is 6.07 Å². The van der Waals surface area contributed by atoms with Crippen LogP contribution in [0, 0.1) is 5.82 Å². The highest BCUT2D eigenvalue weighted by molar-refractivity contribution is 5.73. The Bertz CT molecular complexity index is 689. The van der Waals surface area contributed by atoms with E-state index in [2.05, 4.69) is 10.1 Å². The third-order valence-electron chi connectivity index (χ3n) is 3.89. The number of nitrogens with zero attached hydrogens (tertiary/aromatic N) is 3. The Morgan fingerprint density at radius 2 is 2.30 bits per heavy atom. The molecular formula is C16H18FN3O3. The van der Waals surface area contributed by atoms with Crippen LogP contribution in [-0.4, -0.2) is 34.0 Å². The van der Waals surface area contributed by atoms with Crippen molar-refractivity contribution in [2.75, 3.05) is 13.1 Å². The number of rotatable bonds is 4. The molecule has 1 atom stereocenters. The van der Waals surface area contributed by atoms with E-state index in [1.54, 1.807) is 30.0 Å². The minimum absolute atomic E-state index is 0.0353. The molecule has 3 rings (SSSR count). The number of likely N-dealkylation sites (tertiary alicyclic amines) is 1. The lowest BCUT2D eigenvalue weighted by molar-refractivity contribution is -0.130. The first-order valence-electron chi connectivity index (χ1n) is 7.59. The first-order valence-corrected chi connectivity index (χ1v) is 7.59. The molecule has 23 heavy (non-hydrogen) atoms. The maximum Gasteiger partial charge on any atom is 0.231 e. The van der Waals surface area contributed by atoms with Crippen LogP contribution in [0.4, 0.5) is 4.39 Å². The lowest BCUT2D eigenvalue weighted by Crippen LogP contribution is -2.37. The van der Waals surface area contributed by atoms with Crippen LogP contribution < -0.4 is 4.74 Å². The van der Waals surface area contributed by atoms with Crippen molar-refractivity contribution in [1.82, 2.24) is 15.0 Å². The lowest BCUT2D eigenvalue weighted by Gasteiger charge is -2.29. The minimum Gasteiger partial charge on any atom is -0.482 e. The van der Waals surface area contributed by atoms with Gasteiger partial charge >= 0.3 is 0 Å². The number of hydrogen-bond donors (Lipinski definition) is 0. The number of hydrogen-bond acceptors (Lipinski definition) is 5. The van der Waals surface area contributed by atoms with Crippen molar-refractivity contribution in [3.63, 3.8) is 0 Å². The van der Waals surface area contributed by atoms with Gasteiger partial charge in [-0.1, -0.05) is 17.3 Å². The van der Waals surface area contributed by atoms with Gasteiger partial charge < -0.3 is 14.2 Å².